The highest BCUT2D eigenvalue weighted by Gasteiger charge is 2.47. The summed E-state index contributed by atoms with van der Waals surface area (Å²) in [5, 5.41) is 11.8. The van der Waals surface area contributed by atoms with Crippen LogP contribution in [0.4, 0.5) is 5.69 Å². The summed E-state index contributed by atoms with van der Waals surface area (Å²) in [4.78, 5) is 31.5. The van der Waals surface area contributed by atoms with E-state index in [0.29, 0.717) is 22.0 Å². The fourth-order valence-corrected chi connectivity index (χ4v) is 3.94. The first kappa shape index (κ1) is 20.9. The maximum atomic E-state index is 13.1. The van der Waals surface area contributed by atoms with E-state index < -0.39 is 23.5 Å². The molecule has 1 atom stereocenters. The minimum Gasteiger partial charge on any atom is -0.507 e. The zero-order chi connectivity index (χ0) is 22.1. The zero-order valence-electron chi connectivity index (χ0n) is 16.3. The molecule has 8 heteroatoms. The number of halogens is 2. The molecule has 31 heavy (non-hydrogen) atoms. The summed E-state index contributed by atoms with van der Waals surface area (Å²) in [6.45, 7) is 0. The SMILES string of the molecule is COc1ccc(Cl)c(/C(O)=C2\C(=O)C(=O)N(c3cccc(Cl)c3)C2c2ccncc2)c1. The lowest BCUT2D eigenvalue weighted by Crippen LogP contribution is -2.29. The molecule has 6 nitrogen and oxygen atoms in total. The van der Waals surface area contributed by atoms with Crippen molar-refractivity contribution in [2.24, 2.45) is 0 Å². The van der Waals surface area contributed by atoms with Crippen LogP contribution in [0.25, 0.3) is 5.76 Å². The van der Waals surface area contributed by atoms with E-state index in [-0.39, 0.29) is 16.2 Å². The normalized spacial score (nSPS) is 17.8. The topological polar surface area (TPSA) is 79.7 Å². The number of pyridine rings is 1. The number of methoxy groups -OCH3 is 1. The van der Waals surface area contributed by atoms with Crippen molar-refractivity contribution in [2.75, 3.05) is 12.0 Å². The molecule has 1 fully saturated rings. The number of anilines is 1. The number of aliphatic hydroxyl groups excluding tert-OH is 1. The van der Waals surface area contributed by atoms with Crippen molar-refractivity contribution in [1.82, 2.24) is 4.98 Å². The molecule has 156 valence electrons. The van der Waals surface area contributed by atoms with Gasteiger partial charge in [0.1, 0.15) is 11.5 Å². The van der Waals surface area contributed by atoms with Gasteiger partial charge >= 0.3 is 0 Å². The van der Waals surface area contributed by atoms with Gasteiger partial charge in [0.25, 0.3) is 11.7 Å². The lowest BCUT2D eigenvalue weighted by atomic mass is 9.95. The molecule has 1 amide bonds. The van der Waals surface area contributed by atoms with Gasteiger partial charge in [-0.05, 0) is 54.1 Å². The summed E-state index contributed by atoms with van der Waals surface area (Å²) < 4.78 is 5.21. The van der Waals surface area contributed by atoms with Crippen LogP contribution < -0.4 is 9.64 Å². The van der Waals surface area contributed by atoms with Gasteiger partial charge in [-0.15, -0.1) is 0 Å². The number of ketones is 1. The Balaban J connectivity index is 1.97. The van der Waals surface area contributed by atoms with Gasteiger partial charge in [-0.1, -0.05) is 29.3 Å². The highest BCUT2D eigenvalue weighted by Crippen LogP contribution is 2.43. The van der Waals surface area contributed by atoms with Gasteiger partial charge in [0.2, 0.25) is 0 Å². The van der Waals surface area contributed by atoms with Crippen molar-refractivity contribution in [3.63, 3.8) is 0 Å². The largest absolute Gasteiger partial charge is 0.507 e. The van der Waals surface area contributed by atoms with Crippen molar-refractivity contribution < 1.29 is 19.4 Å². The van der Waals surface area contributed by atoms with Crippen LogP contribution in [0, 0.1) is 0 Å². The minimum absolute atomic E-state index is 0.0914. The van der Waals surface area contributed by atoms with E-state index in [1.807, 2.05) is 0 Å². The number of rotatable bonds is 4. The minimum atomic E-state index is -0.899. The van der Waals surface area contributed by atoms with Gasteiger partial charge in [0.15, 0.2) is 0 Å². The number of amides is 1. The van der Waals surface area contributed by atoms with Crippen molar-refractivity contribution in [3.8, 4) is 5.75 Å². The van der Waals surface area contributed by atoms with Crippen molar-refractivity contribution in [2.45, 2.75) is 6.04 Å². The monoisotopic (exact) mass is 454 g/mol. The van der Waals surface area contributed by atoms with Crippen LogP contribution in [0.3, 0.4) is 0 Å². The van der Waals surface area contributed by atoms with E-state index in [4.69, 9.17) is 27.9 Å². The fraction of sp³-hybridized carbons (Fsp3) is 0.0870. The Bertz CT molecular complexity index is 1210. The summed E-state index contributed by atoms with van der Waals surface area (Å²) in [5.41, 5.74) is 1.11. The summed E-state index contributed by atoms with van der Waals surface area (Å²) in [7, 11) is 1.47. The Kier molecular flexibility index (Phi) is 5.67. The molecule has 2 aromatic carbocycles. The van der Waals surface area contributed by atoms with Crippen molar-refractivity contribution in [3.05, 3.63) is 93.7 Å². The van der Waals surface area contributed by atoms with Gasteiger partial charge in [0, 0.05) is 28.7 Å². The highest BCUT2D eigenvalue weighted by molar-refractivity contribution is 6.52. The van der Waals surface area contributed by atoms with E-state index in [1.165, 1.54) is 18.1 Å². The van der Waals surface area contributed by atoms with Gasteiger partial charge in [-0.3, -0.25) is 19.5 Å². The van der Waals surface area contributed by atoms with Crippen LogP contribution in [-0.4, -0.2) is 28.9 Å². The fourth-order valence-electron chi connectivity index (χ4n) is 3.54. The summed E-state index contributed by atoms with van der Waals surface area (Å²) >= 11 is 12.4. The lowest BCUT2D eigenvalue weighted by Gasteiger charge is -2.25. The smallest absolute Gasteiger partial charge is 0.300 e. The Morgan fingerprint density at radius 1 is 1.06 bits per heavy atom. The van der Waals surface area contributed by atoms with E-state index >= 15 is 0 Å². The predicted octanol–water partition coefficient (Wildman–Crippen LogP) is 5.02. The molecule has 2 heterocycles. The third kappa shape index (κ3) is 3.76. The standard InChI is InChI=1S/C23H16Cl2N2O4/c1-31-16-5-6-18(25)17(12-16)21(28)19-20(13-7-9-26-10-8-13)27(23(30)22(19)29)15-4-2-3-14(24)11-15/h2-12,20,28H,1H3/b21-19+. The van der Waals surface area contributed by atoms with Crippen molar-refractivity contribution >= 4 is 46.3 Å². The molecule has 1 aliphatic rings. The van der Waals surface area contributed by atoms with E-state index in [9.17, 15) is 14.7 Å². The number of aromatic nitrogens is 1. The van der Waals surface area contributed by atoms with E-state index in [1.54, 1.807) is 60.9 Å². The molecule has 0 bridgehead atoms. The number of ether oxygens (including phenoxy) is 1. The van der Waals surface area contributed by atoms with E-state index in [0.717, 1.165) is 0 Å². The molecule has 1 N–H and O–H groups in total. The number of Topliss-reactive ketones (excluding diaryl/α,β-unsaturated/α-hetero) is 1. The van der Waals surface area contributed by atoms with Gasteiger partial charge in [0.05, 0.1) is 23.7 Å². The second-order valence-electron chi connectivity index (χ2n) is 6.78. The summed E-state index contributed by atoms with van der Waals surface area (Å²) in [6.07, 6.45) is 3.10. The van der Waals surface area contributed by atoms with Crippen LogP contribution >= 0.6 is 23.2 Å². The van der Waals surface area contributed by atoms with Gasteiger partial charge < -0.3 is 9.84 Å². The Morgan fingerprint density at radius 3 is 2.48 bits per heavy atom. The number of hydrogen-bond acceptors (Lipinski definition) is 5. The number of hydrogen-bond donors (Lipinski definition) is 1. The summed E-state index contributed by atoms with van der Waals surface area (Å²) in [5.74, 6) is -1.58. The first-order valence-corrected chi connectivity index (χ1v) is 9.98. The molecular formula is C23H16Cl2N2O4. The zero-order valence-corrected chi connectivity index (χ0v) is 17.8. The lowest BCUT2D eigenvalue weighted by molar-refractivity contribution is -0.132. The number of aliphatic hydroxyl groups is 1. The Labute approximate surface area is 188 Å². The molecule has 1 aromatic heterocycles. The summed E-state index contributed by atoms with van der Waals surface area (Å²) in [6, 6.07) is 13.7. The molecule has 3 aromatic rings. The second-order valence-corrected chi connectivity index (χ2v) is 7.62. The highest BCUT2D eigenvalue weighted by atomic mass is 35.5. The van der Waals surface area contributed by atoms with Crippen LogP contribution in [0.1, 0.15) is 17.2 Å². The molecule has 1 unspecified atom stereocenters. The third-order valence-corrected chi connectivity index (χ3v) is 5.55. The molecule has 4 rings (SSSR count). The average Bonchev–Trinajstić information content (AvgIpc) is 3.05. The van der Waals surface area contributed by atoms with Crippen LogP contribution in [0.5, 0.6) is 5.75 Å². The number of benzene rings is 2. The van der Waals surface area contributed by atoms with Crippen LogP contribution in [0.15, 0.2) is 72.6 Å². The predicted molar refractivity (Wildman–Crippen MR) is 118 cm³/mol. The molecule has 1 aliphatic heterocycles. The number of carbonyl (C=O) groups excluding carboxylic acids is 2. The first-order chi connectivity index (χ1) is 14.9. The number of nitrogens with zero attached hydrogens (tertiary/aromatic N) is 2. The maximum Gasteiger partial charge on any atom is 0.300 e. The second kappa shape index (κ2) is 8.41. The molecular weight excluding hydrogens is 439 g/mol. The van der Waals surface area contributed by atoms with Crippen LogP contribution in [0.2, 0.25) is 10.0 Å². The first-order valence-electron chi connectivity index (χ1n) is 9.22. The van der Waals surface area contributed by atoms with Gasteiger partial charge in [-0.2, -0.15) is 0 Å². The maximum absolute atomic E-state index is 13.1. The molecule has 0 radical (unpaired) electrons. The van der Waals surface area contributed by atoms with Gasteiger partial charge in [-0.25, -0.2) is 0 Å². The average molecular weight is 455 g/mol. The molecule has 0 spiro atoms. The molecule has 1 saturated heterocycles. The third-order valence-electron chi connectivity index (χ3n) is 4.98. The Hall–Kier alpha value is -3.35. The molecule has 0 aliphatic carbocycles. The van der Waals surface area contributed by atoms with Crippen molar-refractivity contribution in [1.29, 1.82) is 0 Å². The molecule has 0 saturated carbocycles. The number of carbonyl (C=O) groups is 2. The van der Waals surface area contributed by atoms with E-state index in [2.05, 4.69) is 4.98 Å². The Morgan fingerprint density at radius 2 is 1.81 bits per heavy atom. The quantitative estimate of drug-likeness (QED) is 0.340. The van der Waals surface area contributed by atoms with Crippen LogP contribution in [-0.2, 0) is 9.59 Å².